The third-order valence-electron chi connectivity index (χ3n) is 4.16. The van der Waals surface area contributed by atoms with Crippen LogP contribution in [0.2, 0.25) is 0 Å². The van der Waals surface area contributed by atoms with Crippen LogP contribution in [-0.4, -0.2) is 17.7 Å². The van der Waals surface area contributed by atoms with Crippen molar-refractivity contribution >= 4 is 39.3 Å². The monoisotopic (exact) mass is 451 g/mol. The minimum Gasteiger partial charge on any atom is -0.322 e. The van der Waals surface area contributed by atoms with Crippen LogP contribution in [0.15, 0.2) is 77.3 Å². The highest BCUT2D eigenvalue weighted by atomic mass is 79.9. The second-order valence-electron chi connectivity index (χ2n) is 6.27. The summed E-state index contributed by atoms with van der Waals surface area (Å²) in [7, 11) is 0. The van der Waals surface area contributed by atoms with Crippen LogP contribution in [-0.2, 0) is 0 Å². The van der Waals surface area contributed by atoms with E-state index in [9.17, 15) is 14.4 Å². The summed E-state index contributed by atoms with van der Waals surface area (Å²) in [6.07, 6.45) is 0. The molecule has 0 fully saturated rings. The molecule has 7 heteroatoms. The lowest BCUT2D eigenvalue weighted by atomic mass is 10.1. The van der Waals surface area contributed by atoms with E-state index >= 15 is 0 Å². The summed E-state index contributed by atoms with van der Waals surface area (Å²) in [6.45, 7) is 1.92. The van der Waals surface area contributed by atoms with Crippen molar-refractivity contribution in [2.45, 2.75) is 6.92 Å². The number of benzene rings is 3. The van der Waals surface area contributed by atoms with Crippen LogP contribution in [0.1, 0.15) is 36.6 Å². The molecule has 0 saturated carbocycles. The van der Waals surface area contributed by atoms with E-state index in [1.54, 1.807) is 60.7 Å². The molecular formula is C22H18BrN3O3. The zero-order chi connectivity index (χ0) is 20.8. The lowest BCUT2D eigenvalue weighted by Crippen LogP contribution is -2.41. The van der Waals surface area contributed by atoms with Gasteiger partial charge in [-0.25, -0.2) is 0 Å². The first kappa shape index (κ1) is 20.3. The second kappa shape index (κ2) is 9.16. The van der Waals surface area contributed by atoms with E-state index in [1.807, 2.05) is 19.1 Å². The van der Waals surface area contributed by atoms with Gasteiger partial charge in [0.15, 0.2) is 0 Å². The lowest BCUT2D eigenvalue weighted by molar-refractivity contribution is 0.0846. The third-order valence-corrected chi connectivity index (χ3v) is 5.02. The van der Waals surface area contributed by atoms with Crippen molar-refractivity contribution in [2.75, 3.05) is 5.32 Å². The van der Waals surface area contributed by atoms with Crippen LogP contribution in [0.5, 0.6) is 0 Å². The van der Waals surface area contributed by atoms with Crippen LogP contribution in [0, 0.1) is 6.92 Å². The van der Waals surface area contributed by atoms with E-state index < -0.39 is 11.8 Å². The number of aryl methyl sites for hydroxylation is 1. The molecule has 0 bridgehead atoms. The molecule has 0 aliphatic heterocycles. The van der Waals surface area contributed by atoms with Crippen molar-refractivity contribution in [3.05, 3.63) is 99.5 Å². The highest BCUT2D eigenvalue weighted by Gasteiger charge is 2.11. The summed E-state index contributed by atoms with van der Waals surface area (Å²) >= 11 is 3.37. The number of halogens is 1. The lowest BCUT2D eigenvalue weighted by Gasteiger charge is -2.09. The molecule has 3 amide bonds. The van der Waals surface area contributed by atoms with Gasteiger partial charge in [-0.05, 0) is 61.0 Å². The summed E-state index contributed by atoms with van der Waals surface area (Å²) in [4.78, 5) is 36.5. The van der Waals surface area contributed by atoms with E-state index in [-0.39, 0.29) is 5.91 Å². The van der Waals surface area contributed by atoms with Gasteiger partial charge in [0.2, 0.25) is 0 Å². The molecule has 0 atom stereocenters. The first-order valence-electron chi connectivity index (χ1n) is 8.77. The van der Waals surface area contributed by atoms with Gasteiger partial charge in [-0.2, -0.15) is 0 Å². The largest absolute Gasteiger partial charge is 0.322 e. The first-order chi connectivity index (χ1) is 13.9. The Kier molecular flexibility index (Phi) is 6.41. The first-order valence-corrected chi connectivity index (χ1v) is 9.56. The Hall–Kier alpha value is -3.45. The van der Waals surface area contributed by atoms with Crippen LogP contribution in [0.3, 0.4) is 0 Å². The molecule has 0 aliphatic carbocycles. The fourth-order valence-corrected chi connectivity index (χ4v) is 2.87. The van der Waals surface area contributed by atoms with Crippen LogP contribution in [0.4, 0.5) is 5.69 Å². The minimum atomic E-state index is -0.467. The molecule has 0 heterocycles. The maximum atomic E-state index is 12.2. The topological polar surface area (TPSA) is 87.3 Å². The van der Waals surface area contributed by atoms with Crippen LogP contribution < -0.4 is 16.2 Å². The van der Waals surface area contributed by atoms with E-state index in [0.29, 0.717) is 22.4 Å². The van der Waals surface area contributed by atoms with Crippen molar-refractivity contribution in [3.63, 3.8) is 0 Å². The number of anilines is 1. The molecule has 3 aromatic carbocycles. The molecule has 29 heavy (non-hydrogen) atoms. The SMILES string of the molecule is Cc1ccc(C(=O)NNC(=O)c2ccc(NC(=O)c3ccccc3)cc2)cc1Br. The van der Waals surface area contributed by atoms with Crippen molar-refractivity contribution in [2.24, 2.45) is 0 Å². The number of nitrogens with one attached hydrogen (secondary N) is 3. The summed E-state index contributed by atoms with van der Waals surface area (Å²) in [6, 6.07) is 20.4. The molecular weight excluding hydrogens is 434 g/mol. The predicted molar refractivity (Wildman–Crippen MR) is 115 cm³/mol. The van der Waals surface area contributed by atoms with Gasteiger partial charge in [0.25, 0.3) is 17.7 Å². The van der Waals surface area contributed by atoms with Crippen molar-refractivity contribution in [3.8, 4) is 0 Å². The van der Waals surface area contributed by atoms with Gasteiger partial charge in [-0.1, -0.05) is 40.2 Å². The van der Waals surface area contributed by atoms with Crippen molar-refractivity contribution in [1.82, 2.24) is 10.9 Å². The normalized spacial score (nSPS) is 10.1. The highest BCUT2D eigenvalue weighted by Crippen LogP contribution is 2.17. The molecule has 0 aliphatic rings. The second-order valence-corrected chi connectivity index (χ2v) is 7.12. The van der Waals surface area contributed by atoms with Crippen molar-refractivity contribution in [1.29, 1.82) is 0 Å². The summed E-state index contributed by atoms with van der Waals surface area (Å²) < 4.78 is 0.810. The molecule has 0 radical (unpaired) electrons. The van der Waals surface area contributed by atoms with E-state index in [4.69, 9.17) is 0 Å². The van der Waals surface area contributed by atoms with Gasteiger partial charge in [-0.15, -0.1) is 0 Å². The Bertz CT molecular complexity index is 1050. The van der Waals surface area contributed by atoms with E-state index in [1.165, 1.54) is 0 Å². The fraction of sp³-hybridized carbons (Fsp3) is 0.0455. The van der Waals surface area contributed by atoms with Gasteiger partial charge >= 0.3 is 0 Å². The number of rotatable bonds is 4. The Morgan fingerprint density at radius 1 is 0.690 bits per heavy atom. The summed E-state index contributed by atoms with van der Waals surface area (Å²) in [5.41, 5.74) is 7.62. The quantitative estimate of drug-likeness (QED) is 0.522. The fourth-order valence-electron chi connectivity index (χ4n) is 2.49. The van der Waals surface area contributed by atoms with Crippen LogP contribution >= 0.6 is 15.9 Å². The standard InChI is InChI=1S/C22H18BrN3O3/c1-14-7-8-17(13-19(14)23)22(29)26-25-21(28)16-9-11-18(12-10-16)24-20(27)15-5-3-2-4-6-15/h2-13H,1H3,(H,24,27)(H,25,28)(H,26,29). The van der Waals surface area contributed by atoms with Gasteiger partial charge in [-0.3, -0.25) is 25.2 Å². The molecule has 0 aromatic heterocycles. The van der Waals surface area contributed by atoms with E-state index in [2.05, 4.69) is 32.1 Å². The molecule has 3 N–H and O–H groups in total. The number of carbonyl (C=O) groups excluding carboxylic acids is 3. The maximum Gasteiger partial charge on any atom is 0.269 e. The van der Waals surface area contributed by atoms with Gasteiger partial charge in [0, 0.05) is 26.9 Å². The zero-order valence-corrected chi connectivity index (χ0v) is 17.1. The Morgan fingerprint density at radius 2 is 1.24 bits per heavy atom. The predicted octanol–water partition coefficient (Wildman–Crippen LogP) is 4.08. The maximum absolute atomic E-state index is 12.2. The average molecular weight is 452 g/mol. The summed E-state index contributed by atoms with van der Waals surface area (Å²) in [5.74, 6) is -1.13. The number of hydrazine groups is 1. The number of amides is 3. The molecule has 3 aromatic rings. The molecule has 0 unspecified atom stereocenters. The Balaban J connectivity index is 1.56. The molecule has 3 rings (SSSR count). The molecule has 0 saturated heterocycles. The number of carbonyl (C=O) groups is 3. The smallest absolute Gasteiger partial charge is 0.269 e. The Morgan fingerprint density at radius 3 is 1.86 bits per heavy atom. The zero-order valence-electron chi connectivity index (χ0n) is 15.5. The van der Waals surface area contributed by atoms with Crippen LogP contribution in [0.25, 0.3) is 0 Å². The minimum absolute atomic E-state index is 0.237. The molecule has 6 nitrogen and oxygen atoms in total. The third kappa shape index (κ3) is 5.30. The van der Waals surface area contributed by atoms with E-state index in [0.717, 1.165) is 10.0 Å². The number of hydrogen-bond donors (Lipinski definition) is 3. The van der Waals surface area contributed by atoms with Gasteiger partial charge in [0.05, 0.1) is 0 Å². The van der Waals surface area contributed by atoms with Gasteiger partial charge < -0.3 is 5.32 Å². The molecule has 0 spiro atoms. The van der Waals surface area contributed by atoms with Gasteiger partial charge in [0.1, 0.15) is 0 Å². The Labute approximate surface area is 176 Å². The van der Waals surface area contributed by atoms with Crippen molar-refractivity contribution < 1.29 is 14.4 Å². The highest BCUT2D eigenvalue weighted by molar-refractivity contribution is 9.10. The molecule has 146 valence electrons. The summed E-state index contributed by atoms with van der Waals surface area (Å²) in [5, 5.41) is 2.76. The average Bonchev–Trinajstić information content (AvgIpc) is 2.74. The number of hydrogen-bond acceptors (Lipinski definition) is 3.